The van der Waals surface area contributed by atoms with Crippen molar-refractivity contribution < 1.29 is 19.1 Å². The lowest BCUT2D eigenvalue weighted by Gasteiger charge is -2.08. The van der Waals surface area contributed by atoms with Crippen LogP contribution in [0.5, 0.6) is 0 Å². The van der Waals surface area contributed by atoms with Gasteiger partial charge in [-0.25, -0.2) is 9.18 Å². The van der Waals surface area contributed by atoms with Crippen molar-refractivity contribution >= 4 is 29.2 Å². The number of hydrogen-bond donors (Lipinski definition) is 2. The van der Waals surface area contributed by atoms with E-state index in [0.717, 1.165) is 12.1 Å². The van der Waals surface area contributed by atoms with E-state index in [2.05, 4.69) is 5.32 Å². The molecule has 0 bridgehead atoms. The molecule has 2 rings (SSSR count). The molecule has 0 aliphatic rings. The number of anilines is 1. The van der Waals surface area contributed by atoms with Gasteiger partial charge in [0.25, 0.3) is 5.91 Å². The van der Waals surface area contributed by atoms with Crippen LogP contribution in [-0.4, -0.2) is 17.0 Å². The molecule has 1 amide bonds. The van der Waals surface area contributed by atoms with Gasteiger partial charge in [0.1, 0.15) is 5.82 Å². The summed E-state index contributed by atoms with van der Waals surface area (Å²) in [6, 6.07) is 10.0. The van der Waals surface area contributed by atoms with Gasteiger partial charge in [0.05, 0.1) is 16.3 Å². The molecule has 0 heterocycles. The predicted molar refractivity (Wildman–Crippen MR) is 72.8 cm³/mol. The van der Waals surface area contributed by atoms with E-state index in [4.69, 9.17) is 16.7 Å². The molecule has 0 unspecified atom stereocenters. The topological polar surface area (TPSA) is 66.4 Å². The van der Waals surface area contributed by atoms with E-state index in [9.17, 15) is 14.0 Å². The maximum Gasteiger partial charge on any atom is 0.337 e. The van der Waals surface area contributed by atoms with Crippen LogP contribution < -0.4 is 5.32 Å². The summed E-state index contributed by atoms with van der Waals surface area (Å²) < 4.78 is 13.7. The Kier molecular flexibility index (Phi) is 4.00. The van der Waals surface area contributed by atoms with Gasteiger partial charge in [0, 0.05) is 5.56 Å². The number of carboxylic acids is 1. The van der Waals surface area contributed by atoms with Crippen LogP contribution in [-0.2, 0) is 0 Å². The van der Waals surface area contributed by atoms with E-state index in [1.807, 2.05) is 0 Å². The molecular formula is C14H9ClFNO3. The van der Waals surface area contributed by atoms with Crippen molar-refractivity contribution in [3.05, 3.63) is 64.4 Å². The highest BCUT2D eigenvalue weighted by Crippen LogP contribution is 2.24. The predicted octanol–water partition coefficient (Wildman–Crippen LogP) is 3.43. The Bertz CT molecular complexity index is 674. The summed E-state index contributed by atoms with van der Waals surface area (Å²) in [5, 5.41) is 11.0. The lowest BCUT2D eigenvalue weighted by atomic mass is 10.1. The third-order valence-corrected chi connectivity index (χ3v) is 2.88. The first-order valence-corrected chi connectivity index (χ1v) is 5.95. The number of amides is 1. The van der Waals surface area contributed by atoms with Crippen molar-refractivity contribution in [1.29, 1.82) is 0 Å². The molecule has 2 aromatic carbocycles. The van der Waals surface area contributed by atoms with Gasteiger partial charge in [-0.15, -0.1) is 0 Å². The zero-order valence-corrected chi connectivity index (χ0v) is 10.8. The van der Waals surface area contributed by atoms with Crippen molar-refractivity contribution in [3.8, 4) is 0 Å². The standard InChI is InChI=1S/C14H9ClFNO3/c15-10-7-11(16)12(6-9(10)14(19)20)17-13(18)8-4-2-1-3-5-8/h1-7H,(H,17,18)(H,19,20). The van der Waals surface area contributed by atoms with Crippen LogP contribution in [0.3, 0.4) is 0 Å². The van der Waals surface area contributed by atoms with E-state index in [-0.39, 0.29) is 16.3 Å². The first-order chi connectivity index (χ1) is 9.49. The van der Waals surface area contributed by atoms with E-state index in [1.165, 1.54) is 0 Å². The molecule has 0 saturated heterocycles. The summed E-state index contributed by atoms with van der Waals surface area (Å²) in [5.74, 6) is -2.64. The summed E-state index contributed by atoms with van der Waals surface area (Å²) in [7, 11) is 0. The van der Waals surface area contributed by atoms with Crippen molar-refractivity contribution in [3.63, 3.8) is 0 Å². The van der Waals surface area contributed by atoms with Crippen LogP contribution in [0, 0.1) is 5.82 Å². The fraction of sp³-hybridized carbons (Fsp3) is 0. The first-order valence-electron chi connectivity index (χ1n) is 5.58. The SMILES string of the molecule is O=C(Nc1cc(C(=O)O)c(Cl)cc1F)c1ccccc1. The average Bonchev–Trinajstić information content (AvgIpc) is 2.42. The van der Waals surface area contributed by atoms with Gasteiger partial charge >= 0.3 is 5.97 Å². The number of benzene rings is 2. The number of halogens is 2. The van der Waals surface area contributed by atoms with Crippen molar-refractivity contribution in [2.75, 3.05) is 5.32 Å². The minimum atomic E-state index is -1.30. The van der Waals surface area contributed by atoms with Crippen LogP contribution >= 0.6 is 11.6 Å². The maximum atomic E-state index is 13.7. The lowest BCUT2D eigenvalue weighted by Crippen LogP contribution is -2.13. The van der Waals surface area contributed by atoms with E-state index in [0.29, 0.717) is 5.56 Å². The molecule has 2 aromatic rings. The second-order valence-electron chi connectivity index (χ2n) is 3.94. The highest BCUT2D eigenvalue weighted by Gasteiger charge is 2.16. The highest BCUT2D eigenvalue weighted by atomic mass is 35.5. The first kappa shape index (κ1) is 14.0. The fourth-order valence-electron chi connectivity index (χ4n) is 1.59. The minimum Gasteiger partial charge on any atom is -0.478 e. The number of carboxylic acid groups (broad SMARTS) is 1. The zero-order valence-electron chi connectivity index (χ0n) is 10.1. The Labute approximate surface area is 118 Å². The number of nitrogens with one attached hydrogen (secondary N) is 1. The summed E-state index contributed by atoms with van der Waals surface area (Å²) in [4.78, 5) is 22.8. The monoisotopic (exact) mass is 293 g/mol. The fourth-order valence-corrected chi connectivity index (χ4v) is 1.82. The molecule has 0 aliphatic heterocycles. The molecule has 0 atom stereocenters. The smallest absolute Gasteiger partial charge is 0.337 e. The number of hydrogen-bond acceptors (Lipinski definition) is 2. The molecule has 0 fully saturated rings. The van der Waals surface area contributed by atoms with Gasteiger partial charge in [-0.3, -0.25) is 4.79 Å². The van der Waals surface area contributed by atoms with Crippen molar-refractivity contribution in [2.45, 2.75) is 0 Å². The zero-order chi connectivity index (χ0) is 14.7. The average molecular weight is 294 g/mol. The van der Waals surface area contributed by atoms with Crippen LogP contribution in [0.25, 0.3) is 0 Å². The van der Waals surface area contributed by atoms with E-state index in [1.54, 1.807) is 30.3 Å². The summed E-state index contributed by atoms with van der Waals surface area (Å²) >= 11 is 5.62. The largest absolute Gasteiger partial charge is 0.478 e. The number of carbonyl (C=O) groups excluding carboxylic acids is 1. The molecule has 20 heavy (non-hydrogen) atoms. The quantitative estimate of drug-likeness (QED) is 0.911. The second-order valence-corrected chi connectivity index (χ2v) is 4.34. The van der Waals surface area contributed by atoms with Crippen LogP contribution in [0.4, 0.5) is 10.1 Å². The van der Waals surface area contributed by atoms with Crippen molar-refractivity contribution in [1.82, 2.24) is 0 Å². The van der Waals surface area contributed by atoms with Crippen LogP contribution in [0.1, 0.15) is 20.7 Å². The van der Waals surface area contributed by atoms with Gasteiger partial charge in [0.2, 0.25) is 0 Å². The Morgan fingerprint density at radius 2 is 1.80 bits per heavy atom. The summed E-state index contributed by atoms with van der Waals surface area (Å²) in [6.07, 6.45) is 0. The number of carbonyl (C=O) groups is 2. The minimum absolute atomic E-state index is 0.229. The van der Waals surface area contributed by atoms with Crippen molar-refractivity contribution in [2.24, 2.45) is 0 Å². The molecule has 0 aromatic heterocycles. The Morgan fingerprint density at radius 1 is 1.15 bits per heavy atom. The van der Waals surface area contributed by atoms with Gasteiger partial charge in [-0.2, -0.15) is 0 Å². The van der Waals surface area contributed by atoms with Crippen LogP contribution in [0.2, 0.25) is 5.02 Å². The number of aromatic carboxylic acids is 1. The molecule has 6 heteroatoms. The molecular weight excluding hydrogens is 285 g/mol. The third kappa shape index (κ3) is 2.95. The second kappa shape index (κ2) is 5.71. The Hall–Kier alpha value is -2.40. The molecule has 0 aliphatic carbocycles. The highest BCUT2D eigenvalue weighted by molar-refractivity contribution is 6.33. The van der Waals surface area contributed by atoms with Crippen LogP contribution in [0.15, 0.2) is 42.5 Å². The molecule has 0 radical (unpaired) electrons. The maximum absolute atomic E-state index is 13.7. The van der Waals surface area contributed by atoms with E-state index < -0.39 is 17.7 Å². The van der Waals surface area contributed by atoms with E-state index >= 15 is 0 Å². The number of rotatable bonds is 3. The third-order valence-electron chi connectivity index (χ3n) is 2.57. The molecule has 2 N–H and O–H groups in total. The van der Waals surface area contributed by atoms with Gasteiger partial charge in [0.15, 0.2) is 0 Å². The molecule has 0 saturated carbocycles. The lowest BCUT2D eigenvalue weighted by molar-refractivity contribution is 0.0696. The van der Waals surface area contributed by atoms with Gasteiger partial charge in [-0.1, -0.05) is 29.8 Å². The van der Waals surface area contributed by atoms with Gasteiger partial charge < -0.3 is 10.4 Å². The summed E-state index contributed by atoms with van der Waals surface area (Å²) in [5.41, 5.74) is -0.184. The Balaban J connectivity index is 2.32. The summed E-state index contributed by atoms with van der Waals surface area (Å²) in [6.45, 7) is 0. The van der Waals surface area contributed by atoms with Gasteiger partial charge in [-0.05, 0) is 24.3 Å². The molecule has 0 spiro atoms. The molecule has 4 nitrogen and oxygen atoms in total. The Morgan fingerprint density at radius 3 is 2.40 bits per heavy atom. The normalized spacial score (nSPS) is 10.1. The molecule has 102 valence electrons.